The molecule has 1 aliphatic heterocycles. The zero-order chi connectivity index (χ0) is 13.7. The Kier molecular flexibility index (Phi) is 5.23. The first-order chi connectivity index (χ1) is 9.20. The van der Waals surface area contributed by atoms with E-state index < -0.39 is 0 Å². The van der Waals surface area contributed by atoms with Crippen LogP contribution in [0.15, 0.2) is 24.3 Å². The third kappa shape index (κ3) is 3.95. The Balaban J connectivity index is 2.02. The first-order valence-corrected chi connectivity index (χ1v) is 7.25. The van der Waals surface area contributed by atoms with Gasteiger partial charge in [0.25, 0.3) is 0 Å². The van der Waals surface area contributed by atoms with Crippen LogP contribution in [0.4, 0.5) is 5.69 Å². The van der Waals surface area contributed by atoms with Crippen molar-refractivity contribution in [2.75, 3.05) is 38.7 Å². The van der Waals surface area contributed by atoms with Gasteiger partial charge in [0, 0.05) is 38.5 Å². The van der Waals surface area contributed by atoms with E-state index in [1.54, 1.807) is 7.11 Å². The highest BCUT2D eigenvalue weighted by molar-refractivity contribution is 5.53. The minimum atomic E-state index is 0.576. The van der Waals surface area contributed by atoms with Gasteiger partial charge in [0.05, 0.1) is 6.61 Å². The van der Waals surface area contributed by atoms with Gasteiger partial charge >= 0.3 is 0 Å². The van der Waals surface area contributed by atoms with Gasteiger partial charge in [-0.25, -0.2) is 0 Å². The molecule has 0 saturated heterocycles. The normalized spacial score (nSPS) is 18.5. The second-order valence-electron chi connectivity index (χ2n) is 5.78. The Bertz CT molecular complexity index is 392. The summed E-state index contributed by atoms with van der Waals surface area (Å²) in [5.41, 5.74) is 2.74. The molecule has 106 valence electrons. The van der Waals surface area contributed by atoms with E-state index in [1.165, 1.54) is 11.3 Å². The van der Waals surface area contributed by atoms with E-state index in [9.17, 15) is 0 Å². The summed E-state index contributed by atoms with van der Waals surface area (Å²) in [6.45, 7) is 8.56. The molecule has 0 aromatic heterocycles. The molecule has 0 aliphatic carbocycles. The fourth-order valence-corrected chi connectivity index (χ4v) is 2.78. The monoisotopic (exact) mass is 262 g/mol. The molecule has 0 saturated carbocycles. The highest BCUT2D eigenvalue weighted by atomic mass is 16.5. The SMILES string of the molecule is COCCN(CC(C)C)C1CNc2ccccc2C1. The van der Waals surface area contributed by atoms with Crippen molar-refractivity contribution in [3.8, 4) is 0 Å². The standard InChI is InChI=1S/C16H26N2O/c1-13(2)12-18(8-9-19-3)15-10-14-6-4-5-7-16(14)17-11-15/h4-7,13,15,17H,8-12H2,1-3H3. The number of nitrogens with zero attached hydrogens (tertiary/aromatic N) is 1. The van der Waals surface area contributed by atoms with Gasteiger partial charge in [-0.2, -0.15) is 0 Å². The summed E-state index contributed by atoms with van der Waals surface area (Å²) in [6.07, 6.45) is 1.14. The van der Waals surface area contributed by atoms with E-state index >= 15 is 0 Å². The number of anilines is 1. The van der Waals surface area contributed by atoms with Crippen LogP contribution in [0.5, 0.6) is 0 Å². The van der Waals surface area contributed by atoms with Gasteiger partial charge < -0.3 is 10.1 Å². The zero-order valence-corrected chi connectivity index (χ0v) is 12.4. The van der Waals surface area contributed by atoms with E-state index in [2.05, 4.69) is 48.3 Å². The van der Waals surface area contributed by atoms with Crippen LogP contribution in [0, 0.1) is 5.92 Å². The molecule has 0 spiro atoms. The van der Waals surface area contributed by atoms with Crippen molar-refractivity contribution in [2.45, 2.75) is 26.3 Å². The van der Waals surface area contributed by atoms with Gasteiger partial charge in [-0.3, -0.25) is 4.90 Å². The number of para-hydroxylation sites is 1. The third-order valence-electron chi connectivity index (χ3n) is 3.70. The maximum atomic E-state index is 5.25. The molecule has 19 heavy (non-hydrogen) atoms. The number of benzene rings is 1. The van der Waals surface area contributed by atoms with Gasteiger partial charge in [0.2, 0.25) is 0 Å². The topological polar surface area (TPSA) is 24.5 Å². The van der Waals surface area contributed by atoms with Crippen LogP contribution in [0.1, 0.15) is 19.4 Å². The second-order valence-corrected chi connectivity index (χ2v) is 5.78. The number of rotatable bonds is 6. The molecule has 0 amide bonds. The largest absolute Gasteiger partial charge is 0.383 e. The van der Waals surface area contributed by atoms with Crippen molar-refractivity contribution in [3.05, 3.63) is 29.8 Å². The predicted molar refractivity (Wildman–Crippen MR) is 80.7 cm³/mol. The number of fused-ring (bicyclic) bond motifs is 1. The Morgan fingerprint density at radius 2 is 2.16 bits per heavy atom. The summed E-state index contributed by atoms with van der Waals surface area (Å²) >= 11 is 0. The molecule has 1 aliphatic rings. The molecule has 2 rings (SSSR count). The second kappa shape index (κ2) is 6.92. The number of hydrogen-bond donors (Lipinski definition) is 1. The van der Waals surface area contributed by atoms with Crippen LogP contribution in [-0.2, 0) is 11.2 Å². The number of nitrogens with one attached hydrogen (secondary N) is 1. The fraction of sp³-hybridized carbons (Fsp3) is 0.625. The lowest BCUT2D eigenvalue weighted by Crippen LogP contribution is -2.46. The minimum Gasteiger partial charge on any atom is -0.383 e. The van der Waals surface area contributed by atoms with Crippen LogP contribution in [-0.4, -0.2) is 44.3 Å². The Labute approximate surface area is 116 Å². The summed E-state index contributed by atoms with van der Waals surface area (Å²) < 4.78 is 5.25. The van der Waals surface area contributed by atoms with Crippen molar-refractivity contribution in [1.29, 1.82) is 0 Å². The molecule has 1 heterocycles. The lowest BCUT2D eigenvalue weighted by Gasteiger charge is -2.36. The summed E-state index contributed by atoms with van der Waals surface area (Å²) in [5.74, 6) is 0.689. The molecule has 3 heteroatoms. The highest BCUT2D eigenvalue weighted by Gasteiger charge is 2.24. The maximum Gasteiger partial charge on any atom is 0.0589 e. The molecule has 0 bridgehead atoms. The maximum absolute atomic E-state index is 5.25. The quantitative estimate of drug-likeness (QED) is 0.853. The average Bonchev–Trinajstić information content (AvgIpc) is 2.42. The predicted octanol–water partition coefficient (Wildman–Crippen LogP) is 2.63. The molecular weight excluding hydrogens is 236 g/mol. The average molecular weight is 262 g/mol. The zero-order valence-electron chi connectivity index (χ0n) is 12.4. The van der Waals surface area contributed by atoms with E-state index in [1.807, 2.05) is 0 Å². The third-order valence-corrected chi connectivity index (χ3v) is 3.70. The molecule has 0 fully saturated rings. The van der Waals surface area contributed by atoms with Crippen LogP contribution in [0.25, 0.3) is 0 Å². The van der Waals surface area contributed by atoms with Crippen LogP contribution in [0.3, 0.4) is 0 Å². The van der Waals surface area contributed by atoms with Gasteiger partial charge in [-0.15, -0.1) is 0 Å². The van der Waals surface area contributed by atoms with Crippen LogP contribution in [0.2, 0.25) is 0 Å². The van der Waals surface area contributed by atoms with Gasteiger partial charge in [-0.1, -0.05) is 32.0 Å². The molecule has 0 radical (unpaired) electrons. The number of methoxy groups -OCH3 is 1. The molecule has 1 unspecified atom stereocenters. The van der Waals surface area contributed by atoms with Crippen LogP contribution >= 0.6 is 0 Å². The molecule has 3 nitrogen and oxygen atoms in total. The van der Waals surface area contributed by atoms with Crippen molar-refractivity contribution >= 4 is 5.69 Å². The van der Waals surface area contributed by atoms with Crippen molar-refractivity contribution < 1.29 is 4.74 Å². The van der Waals surface area contributed by atoms with Crippen molar-refractivity contribution in [3.63, 3.8) is 0 Å². The lowest BCUT2D eigenvalue weighted by atomic mass is 9.98. The number of ether oxygens (including phenoxy) is 1. The Hall–Kier alpha value is -1.06. The molecule has 1 N–H and O–H groups in total. The van der Waals surface area contributed by atoms with Crippen molar-refractivity contribution in [2.24, 2.45) is 5.92 Å². The molecule has 1 aromatic rings. The lowest BCUT2D eigenvalue weighted by molar-refractivity contribution is 0.112. The first-order valence-electron chi connectivity index (χ1n) is 7.25. The van der Waals surface area contributed by atoms with Gasteiger partial charge in [0.1, 0.15) is 0 Å². The first kappa shape index (κ1) is 14.4. The fourth-order valence-electron chi connectivity index (χ4n) is 2.78. The Morgan fingerprint density at radius 1 is 1.37 bits per heavy atom. The summed E-state index contributed by atoms with van der Waals surface area (Å²) in [6, 6.07) is 9.21. The van der Waals surface area contributed by atoms with E-state index in [4.69, 9.17) is 4.74 Å². The Morgan fingerprint density at radius 3 is 2.89 bits per heavy atom. The van der Waals surface area contributed by atoms with E-state index in [0.29, 0.717) is 12.0 Å². The minimum absolute atomic E-state index is 0.576. The van der Waals surface area contributed by atoms with Crippen LogP contribution < -0.4 is 5.32 Å². The highest BCUT2D eigenvalue weighted by Crippen LogP contribution is 2.23. The molecular formula is C16H26N2O. The summed E-state index contributed by atoms with van der Waals surface area (Å²) in [4.78, 5) is 2.57. The molecule has 1 atom stereocenters. The van der Waals surface area contributed by atoms with E-state index in [-0.39, 0.29) is 0 Å². The van der Waals surface area contributed by atoms with E-state index in [0.717, 1.165) is 32.7 Å². The van der Waals surface area contributed by atoms with Crippen molar-refractivity contribution in [1.82, 2.24) is 4.90 Å². The smallest absolute Gasteiger partial charge is 0.0589 e. The summed E-state index contributed by atoms with van der Waals surface area (Å²) in [7, 11) is 1.78. The number of hydrogen-bond acceptors (Lipinski definition) is 3. The van der Waals surface area contributed by atoms with Gasteiger partial charge in [0.15, 0.2) is 0 Å². The summed E-state index contributed by atoms with van der Waals surface area (Å²) in [5, 5.41) is 3.56. The van der Waals surface area contributed by atoms with Gasteiger partial charge in [-0.05, 0) is 24.0 Å². The molecule has 1 aromatic carbocycles.